The van der Waals surface area contributed by atoms with Crippen molar-refractivity contribution in [3.05, 3.63) is 52.1 Å². The van der Waals surface area contributed by atoms with Crippen LogP contribution in [0.5, 0.6) is 11.6 Å². The van der Waals surface area contributed by atoms with Crippen LogP contribution < -0.4 is 16.0 Å². The van der Waals surface area contributed by atoms with Crippen LogP contribution in [-0.4, -0.2) is 9.97 Å². The van der Waals surface area contributed by atoms with Crippen molar-refractivity contribution in [3.8, 4) is 11.6 Å². The van der Waals surface area contributed by atoms with Gasteiger partial charge in [-0.15, -0.1) is 0 Å². The number of rotatable bonds is 3. The molecule has 0 spiro atoms. The molecule has 3 aromatic rings. The van der Waals surface area contributed by atoms with Crippen molar-refractivity contribution in [3.63, 3.8) is 0 Å². The third-order valence-corrected chi connectivity index (χ3v) is 3.58. The summed E-state index contributed by atoms with van der Waals surface area (Å²) in [5.74, 6) is 6.39. The Hall–Kier alpha value is -1.89. The number of nitrogens with two attached hydrogens (primary N) is 1. The van der Waals surface area contributed by atoms with Crippen LogP contribution in [0.2, 0.25) is 5.02 Å². The molecule has 0 fully saturated rings. The van der Waals surface area contributed by atoms with E-state index in [1.54, 1.807) is 0 Å². The highest BCUT2D eigenvalue weighted by Gasteiger charge is 2.08. The van der Waals surface area contributed by atoms with Crippen LogP contribution in [0.1, 0.15) is 0 Å². The van der Waals surface area contributed by atoms with Gasteiger partial charge in [0.15, 0.2) is 0 Å². The van der Waals surface area contributed by atoms with E-state index in [-0.39, 0.29) is 11.8 Å². The van der Waals surface area contributed by atoms with E-state index in [1.807, 2.05) is 36.4 Å². The minimum Gasteiger partial charge on any atom is -0.437 e. The zero-order valence-corrected chi connectivity index (χ0v) is 13.0. The minimum atomic E-state index is 0.235. The van der Waals surface area contributed by atoms with Gasteiger partial charge in [0.1, 0.15) is 10.8 Å². The van der Waals surface area contributed by atoms with Gasteiger partial charge in [-0.2, -0.15) is 4.98 Å². The lowest BCUT2D eigenvalue weighted by atomic mass is 10.1. The van der Waals surface area contributed by atoms with Crippen LogP contribution in [0.15, 0.2) is 47.1 Å². The third-order valence-electron chi connectivity index (χ3n) is 2.83. The van der Waals surface area contributed by atoms with E-state index in [0.29, 0.717) is 10.8 Å². The molecule has 106 valence electrons. The zero-order valence-electron chi connectivity index (χ0n) is 10.7. The molecule has 0 aliphatic heterocycles. The Morgan fingerprint density at radius 3 is 2.71 bits per heavy atom. The number of hydrogen-bond acceptors (Lipinski definition) is 5. The van der Waals surface area contributed by atoms with Gasteiger partial charge in [-0.05, 0) is 35.0 Å². The summed E-state index contributed by atoms with van der Waals surface area (Å²) in [5.41, 5.74) is 2.35. The largest absolute Gasteiger partial charge is 0.437 e. The lowest BCUT2D eigenvalue weighted by Crippen LogP contribution is -2.10. The number of halogens is 2. The SMILES string of the molecule is NNc1ncc(Cl)c(Oc2ccc3cc(Br)ccc3c2)n1. The van der Waals surface area contributed by atoms with E-state index in [0.717, 1.165) is 15.2 Å². The van der Waals surface area contributed by atoms with Crippen LogP contribution in [0.3, 0.4) is 0 Å². The van der Waals surface area contributed by atoms with Gasteiger partial charge in [-0.25, -0.2) is 10.8 Å². The molecule has 5 nitrogen and oxygen atoms in total. The smallest absolute Gasteiger partial charge is 0.243 e. The molecule has 0 saturated carbocycles. The van der Waals surface area contributed by atoms with Crippen LogP contribution in [-0.2, 0) is 0 Å². The fraction of sp³-hybridized carbons (Fsp3) is 0. The van der Waals surface area contributed by atoms with Crippen molar-refractivity contribution in [2.75, 3.05) is 5.43 Å². The maximum atomic E-state index is 6.02. The summed E-state index contributed by atoms with van der Waals surface area (Å²) in [6, 6.07) is 11.7. The van der Waals surface area contributed by atoms with E-state index < -0.39 is 0 Å². The number of nitrogens with zero attached hydrogens (tertiary/aromatic N) is 2. The number of ether oxygens (including phenoxy) is 1. The topological polar surface area (TPSA) is 73.1 Å². The molecule has 0 unspecified atom stereocenters. The number of anilines is 1. The molecule has 0 aliphatic rings. The van der Waals surface area contributed by atoms with Crippen LogP contribution >= 0.6 is 27.5 Å². The van der Waals surface area contributed by atoms with Crippen molar-refractivity contribution in [2.45, 2.75) is 0 Å². The van der Waals surface area contributed by atoms with Crippen LogP contribution in [0.25, 0.3) is 10.8 Å². The molecule has 1 aromatic heterocycles. The molecule has 0 atom stereocenters. The lowest BCUT2D eigenvalue weighted by Gasteiger charge is -2.08. The molecule has 0 saturated heterocycles. The van der Waals surface area contributed by atoms with Gasteiger partial charge in [0.2, 0.25) is 11.8 Å². The van der Waals surface area contributed by atoms with Gasteiger partial charge in [-0.3, -0.25) is 5.43 Å². The van der Waals surface area contributed by atoms with Gasteiger partial charge >= 0.3 is 0 Å². The van der Waals surface area contributed by atoms with E-state index in [2.05, 4.69) is 31.3 Å². The van der Waals surface area contributed by atoms with Crippen molar-refractivity contribution in [1.82, 2.24) is 9.97 Å². The molecule has 7 heteroatoms. The maximum absolute atomic E-state index is 6.02. The normalized spacial score (nSPS) is 10.6. The first-order valence-corrected chi connectivity index (χ1v) is 7.19. The molecule has 0 bridgehead atoms. The third kappa shape index (κ3) is 3.07. The predicted octanol–water partition coefficient (Wildman–Crippen LogP) is 4.12. The van der Waals surface area contributed by atoms with Crippen LogP contribution in [0.4, 0.5) is 5.95 Å². The number of nitrogen functional groups attached to an aromatic ring is 1. The number of hydrazine groups is 1. The van der Waals surface area contributed by atoms with Crippen LogP contribution in [0, 0.1) is 0 Å². The predicted molar refractivity (Wildman–Crippen MR) is 86.6 cm³/mol. The minimum absolute atomic E-state index is 0.235. The number of hydrogen-bond donors (Lipinski definition) is 2. The second kappa shape index (κ2) is 5.85. The van der Waals surface area contributed by atoms with E-state index in [4.69, 9.17) is 22.2 Å². The molecule has 1 heterocycles. The summed E-state index contributed by atoms with van der Waals surface area (Å²) in [5, 5.41) is 2.47. The fourth-order valence-corrected chi connectivity index (χ4v) is 2.37. The quantitative estimate of drug-likeness (QED) is 0.539. The summed E-state index contributed by atoms with van der Waals surface area (Å²) in [7, 11) is 0. The fourth-order valence-electron chi connectivity index (χ4n) is 1.86. The summed E-state index contributed by atoms with van der Waals surface area (Å²) in [6.45, 7) is 0. The average Bonchev–Trinajstić information content (AvgIpc) is 2.49. The van der Waals surface area contributed by atoms with Gasteiger partial charge in [-0.1, -0.05) is 39.7 Å². The Bertz CT molecular complexity index is 812. The Balaban J connectivity index is 1.96. The first-order chi connectivity index (χ1) is 10.2. The Morgan fingerprint density at radius 2 is 1.90 bits per heavy atom. The van der Waals surface area contributed by atoms with E-state index in [9.17, 15) is 0 Å². The summed E-state index contributed by atoms with van der Waals surface area (Å²) < 4.78 is 6.73. The molecule has 2 aromatic carbocycles. The van der Waals surface area contributed by atoms with Gasteiger partial charge in [0, 0.05) is 4.47 Å². The molecular formula is C14H10BrClN4O. The first-order valence-electron chi connectivity index (χ1n) is 6.02. The molecule has 21 heavy (non-hydrogen) atoms. The molecule has 3 rings (SSSR count). The summed E-state index contributed by atoms with van der Waals surface area (Å²) in [4.78, 5) is 7.97. The molecule has 0 amide bonds. The number of nitrogens with one attached hydrogen (secondary N) is 1. The number of aromatic nitrogens is 2. The average molecular weight is 366 g/mol. The Labute approximate surface area is 134 Å². The highest BCUT2D eigenvalue weighted by Crippen LogP contribution is 2.30. The van der Waals surface area contributed by atoms with Crippen molar-refractivity contribution >= 4 is 44.3 Å². The zero-order chi connectivity index (χ0) is 14.8. The Morgan fingerprint density at radius 1 is 1.14 bits per heavy atom. The molecule has 3 N–H and O–H groups in total. The van der Waals surface area contributed by atoms with Crippen molar-refractivity contribution in [1.29, 1.82) is 0 Å². The standard InChI is InChI=1S/C14H10BrClN4O/c15-10-3-1-9-6-11(4-2-8(9)5-10)21-13-12(16)7-18-14(19-13)20-17/h1-7H,17H2,(H,18,19,20). The van der Waals surface area contributed by atoms with Gasteiger partial charge < -0.3 is 4.74 Å². The molecule has 0 radical (unpaired) electrons. The van der Waals surface area contributed by atoms with E-state index >= 15 is 0 Å². The second-order valence-corrected chi connectivity index (χ2v) is 5.57. The van der Waals surface area contributed by atoms with Crippen molar-refractivity contribution in [2.24, 2.45) is 5.84 Å². The monoisotopic (exact) mass is 364 g/mol. The van der Waals surface area contributed by atoms with Gasteiger partial charge in [0.25, 0.3) is 0 Å². The Kier molecular flexibility index (Phi) is 3.92. The second-order valence-electron chi connectivity index (χ2n) is 4.25. The summed E-state index contributed by atoms with van der Waals surface area (Å²) in [6.07, 6.45) is 1.43. The first kappa shape index (κ1) is 14.1. The maximum Gasteiger partial charge on any atom is 0.243 e. The molecule has 0 aliphatic carbocycles. The number of benzene rings is 2. The number of fused-ring (bicyclic) bond motifs is 1. The molecular weight excluding hydrogens is 356 g/mol. The highest BCUT2D eigenvalue weighted by molar-refractivity contribution is 9.10. The van der Waals surface area contributed by atoms with E-state index in [1.165, 1.54) is 6.20 Å². The highest BCUT2D eigenvalue weighted by atomic mass is 79.9. The van der Waals surface area contributed by atoms with Gasteiger partial charge in [0.05, 0.1) is 6.20 Å². The summed E-state index contributed by atoms with van der Waals surface area (Å²) >= 11 is 9.46. The van der Waals surface area contributed by atoms with Crippen molar-refractivity contribution < 1.29 is 4.74 Å². The lowest BCUT2D eigenvalue weighted by molar-refractivity contribution is 0.463.